The monoisotopic (exact) mass is 358 g/mol. The number of aryl methyl sites for hydroxylation is 1. The Hall–Kier alpha value is -2.34. The van der Waals surface area contributed by atoms with Gasteiger partial charge in [0.25, 0.3) is 10.0 Å². The lowest BCUT2D eigenvalue weighted by molar-refractivity contribution is -0.116. The van der Waals surface area contributed by atoms with Gasteiger partial charge in [-0.3, -0.25) is 9.52 Å². The van der Waals surface area contributed by atoms with Gasteiger partial charge in [-0.2, -0.15) is 0 Å². The maximum atomic E-state index is 12.7. The molecule has 0 bridgehead atoms. The lowest BCUT2D eigenvalue weighted by atomic mass is 10.0. The zero-order valence-corrected chi connectivity index (χ0v) is 15.2. The predicted molar refractivity (Wildman–Crippen MR) is 99.3 cm³/mol. The molecule has 0 saturated heterocycles. The Balaban J connectivity index is 1.85. The summed E-state index contributed by atoms with van der Waals surface area (Å²) in [5.41, 5.74) is 3.24. The number of rotatable bonds is 4. The van der Waals surface area contributed by atoms with E-state index < -0.39 is 10.0 Å². The third-order valence-corrected chi connectivity index (χ3v) is 5.72. The van der Waals surface area contributed by atoms with Crippen molar-refractivity contribution >= 4 is 27.3 Å². The van der Waals surface area contributed by atoms with Crippen molar-refractivity contribution in [3.63, 3.8) is 0 Å². The molecule has 0 aliphatic carbocycles. The van der Waals surface area contributed by atoms with Gasteiger partial charge in [-0.05, 0) is 60.2 Å². The van der Waals surface area contributed by atoms with Crippen molar-refractivity contribution in [3.8, 4) is 0 Å². The van der Waals surface area contributed by atoms with Crippen LogP contribution in [-0.2, 0) is 21.2 Å². The fourth-order valence-corrected chi connectivity index (χ4v) is 3.98. The van der Waals surface area contributed by atoms with Crippen LogP contribution in [-0.4, -0.2) is 14.3 Å². The minimum absolute atomic E-state index is 0.0299. The fourth-order valence-electron chi connectivity index (χ4n) is 2.87. The Bertz CT molecular complexity index is 887. The van der Waals surface area contributed by atoms with E-state index in [1.54, 1.807) is 24.3 Å². The highest BCUT2D eigenvalue weighted by Gasteiger charge is 2.19. The van der Waals surface area contributed by atoms with E-state index in [2.05, 4.69) is 23.9 Å². The number of hydrogen-bond acceptors (Lipinski definition) is 3. The van der Waals surface area contributed by atoms with Crippen molar-refractivity contribution in [2.24, 2.45) is 0 Å². The Labute approximate surface area is 148 Å². The second-order valence-electron chi connectivity index (χ2n) is 6.60. The van der Waals surface area contributed by atoms with E-state index in [1.807, 2.05) is 12.1 Å². The second-order valence-corrected chi connectivity index (χ2v) is 8.29. The maximum absolute atomic E-state index is 12.7. The van der Waals surface area contributed by atoms with Crippen molar-refractivity contribution in [1.82, 2.24) is 0 Å². The molecule has 2 N–H and O–H groups in total. The molecule has 0 aromatic heterocycles. The first-order chi connectivity index (χ1) is 11.8. The molecule has 132 valence electrons. The van der Waals surface area contributed by atoms with Crippen molar-refractivity contribution < 1.29 is 13.2 Å². The second kappa shape index (κ2) is 6.88. The molecule has 0 spiro atoms. The molecule has 0 atom stereocenters. The van der Waals surface area contributed by atoms with Gasteiger partial charge in [0, 0.05) is 17.8 Å². The molecule has 1 amide bonds. The smallest absolute Gasteiger partial charge is 0.261 e. The molecule has 0 radical (unpaired) electrons. The van der Waals surface area contributed by atoms with Gasteiger partial charge in [-0.1, -0.05) is 26.0 Å². The van der Waals surface area contributed by atoms with Crippen LogP contribution in [0.2, 0.25) is 0 Å². The summed E-state index contributed by atoms with van der Waals surface area (Å²) in [6.07, 6.45) is 1.85. The topological polar surface area (TPSA) is 75.3 Å². The molecular weight excluding hydrogens is 336 g/mol. The van der Waals surface area contributed by atoms with Gasteiger partial charge in [0.05, 0.1) is 4.90 Å². The highest BCUT2D eigenvalue weighted by Crippen LogP contribution is 2.26. The fraction of sp³-hybridized carbons (Fsp3) is 0.316. The summed E-state index contributed by atoms with van der Waals surface area (Å²) in [5, 5.41) is 2.81. The molecule has 1 aliphatic heterocycles. The highest BCUT2D eigenvalue weighted by molar-refractivity contribution is 7.92. The molecule has 0 fully saturated rings. The first-order valence-corrected chi connectivity index (χ1v) is 9.89. The molecule has 1 aliphatic rings. The molecule has 6 heteroatoms. The van der Waals surface area contributed by atoms with Gasteiger partial charge in [-0.15, -0.1) is 0 Å². The largest absolute Gasteiger partial charge is 0.326 e. The number of amides is 1. The number of nitrogens with one attached hydrogen (secondary N) is 2. The van der Waals surface area contributed by atoms with Gasteiger partial charge >= 0.3 is 0 Å². The van der Waals surface area contributed by atoms with Crippen molar-refractivity contribution in [3.05, 3.63) is 53.6 Å². The van der Waals surface area contributed by atoms with Crippen molar-refractivity contribution in [1.29, 1.82) is 0 Å². The standard InChI is InChI=1S/C19H22N2O3S/c1-13(2)14-6-8-16(9-7-14)21-25(23,24)17-10-11-18-15(12-17)4-3-5-19(22)20-18/h6-13,21H,3-5H2,1-2H3,(H,20,22). The summed E-state index contributed by atoms with van der Waals surface area (Å²) in [4.78, 5) is 11.8. The van der Waals surface area contributed by atoms with E-state index in [0.29, 0.717) is 36.6 Å². The molecule has 0 saturated carbocycles. The van der Waals surface area contributed by atoms with E-state index in [9.17, 15) is 13.2 Å². The lowest BCUT2D eigenvalue weighted by Crippen LogP contribution is -2.14. The molecule has 2 aromatic carbocycles. The number of carbonyl (C=O) groups is 1. The van der Waals surface area contributed by atoms with Crippen LogP contribution in [0.4, 0.5) is 11.4 Å². The van der Waals surface area contributed by atoms with E-state index in [-0.39, 0.29) is 10.8 Å². The van der Waals surface area contributed by atoms with E-state index >= 15 is 0 Å². The Morgan fingerprint density at radius 3 is 2.44 bits per heavy atom. The molecule has 1 heterocycles. The number of benzene rings is 2. The van der Waals surface area contributed by atoms with Gasteiger partial charge in [-0.25, -0.2) is 8.42 Å². The average molecular weight is 358 g/mol. The minimum atomic E-state index is -3.67. The normalized spacial score (nSPS) is 14.6. The Morgan fingerprint density at radius 2 is 1.76 bits per heavy atom. The van der Waals surface area contributed by atoms with Gasteiger partial charge in [0.2, 0.25) is 5.91 Å². The maximum Gasteiger partial charge on any atom is 0.261 e. The predicted octanol–water partition coefficient (Wildman–Crippen LogP) is 3.89. The molecule has 2 aromatic rings. The van der Waals surface area contributed by atoms with Crippen molar-refractivity contribution in [2.45, 2.75) is 43.9 Å². The molecule has 3 rings (SSSR count). The summed E-state index contributed by atoms with van der Waals surface area (Å²) in [7, 11) is -3.67. The number of anilines is 2. The van der Waals surface area contributed by atoms with Crippen LogP contribution in [0.3, 0.4) is 0 Å². The van der Waals surface area contributed by atoms with E-state index in [0.717, 1.165) is 11.1 Å². The summed E-state index contributed by atoms with van der Waals surface area (Å²) < 4.78 is 27.9. The molecule has 0 unspecified atom stereocenters. The first kappa shape index (κ1) is 17.5. The molecule has 5 nitrogen and oxygen atoms in total. The summed E-state index contributed by atoms with van der Waals surface area (Å²) in [6.45, 7) is 4.18. The highest BCUT2D eigenvalue weighted by atomic mass is 32.2. The van der Waals surface area contributed by atoms with E-state index in [4.69, 9.17) is 0 Å². The molecule has 25 heavy (non-hydrogen) atoms. The summed E-state index contributed by atoms with van der Waals surface area (Å²) >= 11 is 0. The minimum Gasteiger partial charge on any atom is -0.326 e. The first-order valence-electron chi connectivity index (χ1n) is 8.41. The van der Waals surface area contributed by atoms with Crippen LogP contribution in [0.1, 0.15) is 43.7 Å². The Morgan fingerprint density at radius 1 is 1.04 bits per heavy atom. The van der Waals surface area contributed by atoms with Crippen LogP contribution in [0.25, 0.3) is 0 Å². The van der Waals surface area contributed by atoms with Crippen LogP contribution in [0.15, 0.2) is 47.4 Å². The third-order valence-electron chi connectivity index (χ3n) is 4.34. The van der Waals surface area contributed by atoms with Crippen LogP contribution in [0, 0.1) is 0 Å². The summed E-state index contributed by atoms with van der Waals surface area (Å²) in [5.74, 6) is 0.364. The lowest BCUT2D eigenvalue weighted by Gasteiger charge is -2.12. The number of fused-ring (bicyclic) bond motifs is 1. The number of carbonyl (C=O) groups excluding carboxylic acids is 1. The zero-order valence-electron chi connectivity index (χ0n) is 14.4. The quantitative estimate of drug-likeness (QED) is 0.871. The zero-order chi connectivity index (χ0) is 18.0. The average Bonchev–Trinajstić information content (AvgIpc) is 2.74. The summed E-state index contributed by atoms with van der Waals surface area (Å²) in [6, 6.07) is 12.2. The van der Waals surface area contributed by atoms with Crippen molar-refractivity contribution in [2.75, 3.05) is 10.0 Å². The van der Waals surface area contributed by atoms with Gasteiger partial charge < -0.3 is 5.32 Å². The van der Waals surface area contributed by atoms with Gasteiger partial charge in [0.1, 0.15) is 0 Å². The molecular formula is C19H22N2O3S. The number of hydrogen-bond donors (Lipinski definition) is 2. The van der Waals surface area contributed by atoms with Crippen LogP contribution >= 0.6 is 0 Å². The van der Waals surface area contributed by atoms with Gasteiger partial charge in [0.15, 0.2) is 0 Å². The third kappa shape index (κ3) is 4.02. The van der Waals surface area contributed by atoms with Crippen LogP contribution < -0.4 is 10.0 Å². The SMILES string of the molecule is CC(C)c1ccc(NS(=O)(=O)c2ccc3c(c2)CCCC(=O)N3)cc1. The Kier molecular flexibility index (Phi) is 4.81. The van der Waals surface area contributed by atoms with E-state index in [1.165, 1.54) is 6.07 Å². The van der Waals surface area contributed by atoms with Crippen LogP contribution in [0.5, 0.6) is 0 Å². The number of sulfonamides is 1.